The summed E-state index contributed by atoms with van der Waals surface area (Å²) in [6, 6.07) is 0. The minimum absolute atomic E-state index is 0.224. The fourth-order valence-electron chi connectivity index (χ4n) is 3.48. The molecule has 0 N–H and O–H groups in total. The van der Waals surface area contributed by atoms with Crippen LogP contribution in [0.15, 0.2) is 47.1 Å². The molecular weight excluding hydrogens is 319 g/mol. The standard InChI is InChI=1S/C24H39P/c1-4-24(2,3)21-25(22-17-13-9-5-6-10-14-18-22)23-19-15-11-7-8-12-16-20-23/h13,15,17-20H,4-12,14,16,21H2,1-3H3/b17-13-,19-15-,22-18+,23-20+. The first-order chi connectivity index (χ1) is 12.1. The highest BCUT2D eigenvalue weighted by Gasteiger charge is 2.25. The molecule has 140 valence electrons. The molecule has 0 radical (unpaired) electrons. The molecule has 0 aliphatic heterocycles. The quantitative estimate of drug-likeness (QED) is 0.431. The summed E-state index contributed by atoms with van der Waals surface area (Å²) in [5, 5.41) is 3.29. The Morgan fingerprint density at radius 1 is 0.760 bits per heavy atom. The maximum atomic E-state index is 2.58. The Morgan fingerprint density at radius 2 is 1.24 bits per heavy atom. The van der Waals surface area contributed by atoms with Crippen LogP contribution in [0.25, 0.3) is 0 Å². The van der Waals surface area contributed by atoms with E-state index in [1.54, 1.807) is 10.6 Å². The van der Waals surface area contributed by atoms with Gasteiger partial charge in [-0.1, -0.05) is 76.5 Å². The van der Waals surface area contributed by atoms with E-state index in [0.717, 1.165) is 0 Å². The van der Waals surface area contributed by atoms with Crippen molar-refractivity contribution in [1.29, 1.82) is 0 Å². The molecule has 0 unspecified atom stereocenters. The second kappa shape index (κ2) is 11.2. The molecule has 0 aromatic carbocycles. The average Bonchev–Trinajstić information content (AvgIpc) is 2.83. The van der Waals surface area contributed by atoms with Crippen molar-refractivity contribution in [3.63, 3.8) is 0 Å². The summed E-state index contributed by atoms with van der Waals surface area (Å²) < 4.78 is 0. The highest BCUT2D eigenvalue weighted by atomic mass is 31.1. The molecule has 0 spiro atoms. The van der Waals surface area contributed by atoms with Gasteiger partial charge >= 0.3 is 0 Å². The summed E-state index contributed by atoms with van der Waals surface area (Å²) in [4.78, 5) is 0. The molecule has 0 atom stereocenters. The molecule has 25 heavy (non-hydrogen) atoms. The normalized spacial score (nSPS) is 27.4. The minimum atomic E-state index is -0.224. The van der Waals surface area contributed by atoms with Crippen LogP contribution in [0.4, 0.5) is 0 Å². The van der Waals surface area contributed by atoms with Crippen molar-refractivity contribution in [2.24, 2.45) is 5.41 Å². The van der Waals surface area contributed by atoms with Gasteiger partial charge < -0.3 is 0 Å². The van der Waals surface area contributed by atoms with Crippen LogP contribution in [0.2, 0.25) is 0 Å². The van der Waals surface area contributed by atoms with Gasteiger partial charge in [-0.05, 0) is 81.5 Å². The molecule has 0 fully saturated rings. The van der Waals surface area contributed by atoms with Gasteiger partial charge in [0.2, 0.25) is 0 Å². The molecule has 0 aromatic heterocycles. The fourth-order valence-corrected chi connectivity index (χ4v) is 6.50. The molecular formula is C24H39P. The number of hydrogen-bond acceptors (Lipinski definition) is 0. The lowest BCUT2D eigenvalue weighted by Gasteiger charge is -2.31. The molecule has 0 bridgehead atoms. The van der Waals surface area contributed by atoms with Crippen LogP contribution in [-0.2, 0) is 0 Å². The first kappa shape index (κ1) is 20.7. The van der Waals surface area contributed by atoms with Crippen LogP contribution in [-0.4, -0.2) is 6.16 Å². The van der Waals surface area contributed by atoms with Gasteiger partial charge in [0.05, 0.1) is 0 Å². The van der Waals surface area contributed by atoms with Gasteiger partial charge in [-0.15, -0.1) is 0 Å². The molecule has 2 aliphatic rings. The van der Waals surface area contributed by atoms with E-state index in [1.807, 2.05) is 0 Å². The third-order valence-electron chi connectivity index (χ3n) is 5.60. The van der Waals surface area contributed by atoms with Gasteiger partial charge in [-0.2, -0.15) is 0 Å². The number of rotatable bonds is 5. The molecule has 0 saturated heterocycles. The first-order valence-corrected chi connectivity index (χ1v) is 12.2. The Kier molecular flexibility index (Phi) is 9.25. The monoisotopic (exact) mass is 358 g/mol. The van der Waals surface area contributed by atoms with Gasteiger partial charge in [0, 0.05) is 0 Å². The Bertz CT molecular complexity index is 466. The van der Waals surface area contributed by atoms with Crippen molar-refractivity contribution in [1.82, 2.24) is 0 Å². The van der Waals surface area contributed by atoms with Gasteiger partial charge in [0.1, 0.15) is 0 Å². The Morgan fingerprint density at radius 3 is 1.72 bits per heavy atom. The molecule has 0 saturated carbocycles. The third kappa shape index (κ3) is 7.65. The highest BCUT2D eigenvalue weighted by Crippen LogP contribution is 2.57. The van der Waals surface area contributed by atoms with Gasteiger partial charge in [0.25, 0.3) is 0 Å². The third-order valence-corrected chi connectivity index (χ3v) is 8.68. The van der Waals surface area contributed by atoms with Gasteiger partial charge in [-0.25, -0.2) is 0 Å². The van der Waals surface area contributed by atoms with Gasteiger partial charge in [-0.3, -0.25) is 0 Å². The summed E-state index contributed by atoms with van der Waals surface area (Å²) in [6.45, 7) is 7.27. The Labute approximate surface area is 158 Å². The summed E-state index contributed by atoms with van der Waals surface area (Å²) in [6.07, 6.45) is 30.9. The number of allylic oxidation sites excluding steroid dienone is 8. The van der Waals surface area contributed by atoms with Crippen LogP contribution < -0.4 is 0 Å². The van der Waals surface area contributed by atoms with Crippen LogP contribution >= 0.6 is 7.92 Å². The van der Waals surface area contributed by atoms with Crippen LogP contribution in [0, 0.1) is 5.41 Å². The van der Waals surface area contributed by atoms with E-state index in [2.05, 4.69) is 57.2 Å². The lowest BCUT2D eigenvalue weighted by Crippen LogP contribution is -2.15. The van der Waals surface area contributed by atoms with Gasteiger partial charge in [0.15, 0.2) is 0 Å². The second-order valence-electron chi connectivity index (χ2n) is 8.44. The lowest BCUT2D eigenvalue weighted by atomic mass is 9.93. The fraction of sp³-hybridized carbons (Fsp3) is 0.667. The van der Waals surface area contributed by atoms with E-state index in [1.165, 1.54) is 76.8 Å². The van der Waals surface area contributed by atoms with Crippen molar-refractivity contribution in [2.45, 2.75) is 91.4 Å². The maximum absolute atomic E-state index is 2.58. The second-order valence-corrected chi connectivity index (χ2v) is 10.6. The molecule has 0 aromatic rings. The lowest BCUT2D eigenvalue weighted by molar-refractivity contribution is 0.405. The van der Waals surface area contributed by atoms with Crippen LogP contribution in [0.1, 0.15) is 91.4 Å². The van der Waals surface area contributed by atoms with Crippen molar-refractivity contribution in [3.8, 4) is 0 Å². The van der Waals surface area contributed by atoms with Crippen molar-refractivity contribution in [2.75, 3.05) is 6.16 Å². The summed E-state index contributed by atoms with van der Waals surface area (Å²) >= 11 is 0. The zero-order valence-electron chi connectivity index (χ0n) is 16.9. The summed E-state index contributed by atoms with van der Waals surface area (Å²) in [5.74, 6) is 0. The Hall–Kier alpha value is -0.610. The predicted molar refractivity (Wildman–Crippen MR) is 116 cm³/mol. The van der Waals surface area contributed by atoms with E-state index in [-0.39, 0.29) is 7.92 Å². The molecule has 0 nitrogen and oxygen atoms in total. The first-order valence-electron chi connectivity index (χ1n) is 10.6. The topological polar surface area (TPSA) is 0 Å². The van der Waals surface area contributed by atoms with E-state index in [9.17, 15) is 0 Å². The minimum Gasteiger partial charge on any atom is -0.0839 e. The molecule has 0 heterocycles. The molecule has 2 rings (SSSR count). The average molecular weight is 359 g/mol. The predicted octanol–water partition coefficient (Wildman–Crippen LogP) is 8.71. The SMILES string of the molecule is CCC(C)(C)CP(C1=C/CCCCC/C=C\1)C1=C/CCCCC/C=C\1. The van der Waals surface area contributed by atoms with E-state index >= 15 is 0 Å². The maximum Gasteiger partial charge on any atom is -0.0194 e. The smallest absolute Gasteiger partial charge is 0.0194 e. The molecule has 0 amide bonds. The van der Waals surface area contributed by atoms with E-state index < -0.39 is 0 Å². The van der Waals surface area contributed by atoms with Crippen molar-refractivity contribution < 1.29 is 0 Å². The Balaban J connectivity index is 2.32. The summed E-state index contributed by atoms with van der Waals surface area (Å²) in [7, 11) is -0.224. The van der Waals surface area contributed by atoms with E-state index in [4.69, 9.17) is 0 Å². The zero-order chi connectivity index (χ0) is 18.0. The van der Waals surface area contributed by atoms with Crippen LogP contribution in [0.5, 0.6) is 0 Å². The highest BCUT2D eigenvalue weighted by molar-refractivity contribution is 7.66. The van der Waals surface area contributed by atoms with E-state index in [0.29, 0.717) is 5.41 Å². The largest absolute Gasteiger partial charge is 0.0839 e. The summed E-state index contributed by atoms with van der Waals surface area (Å²) in [5.41, 5.74) is 0.423. The number of hydrogen-bond donors (Lipinski definition) is 0. The van der Waals surface area contributed by atoms with Crippen molar-refractivity contribution >= 4 is 7.92 Å². The zero-order valence-corrected chi connectivity index (χ0v) is 17.8. The van der Waals surface area contributed by atoms with Crippen molar-refractivity contribution in [3.05, 3.63) is 47.1 Å². The molecule has 1 heteroatoms. The molecule has 2 aliphatic carbocycles. The van der Waals surface area contributed by atoms with Crippen LogP contribution in [0.3, 0.4) is 0 Å².